The van der Waals surface area contributed by atoms with E-state index in [0.717, 1.165) is 38.4 Å². The first-order valence-electron chi connectivity index (χ1n) is 8.98. The Kier molecular flexibility index (Phi) is 7.86. The third-order valence-electron chi connectivity index (χ3n) is 4.89. The van der Waals surface area contributed by atoms with E-state index in [1.165, 1.54) is 23.1 Å². The Hall–Kier alpha value is -1.64. The lowest BCUT2D eigenvalue weighted by molar-refractivity contribution is 0.460. The number of halogens is 1. The van der Waals surface area contributed by atoms with Crippen LogP contribution in [0.5, 0.6) is 0 Å². The summed E-state index contributed by atoms with van der Waals surface area (Å²) in [6.07, 6.45) is 11.2. The van der Waals surface area contributed by atoms with Gasteiger partial charge in [-0.3, -0.25) is 14.7 Å². The number of aliphatic imine (C=N–C) groups is 1. The fraction of sp³-hybridized carbons (Fsp3) is 0.526. The summed E-state index contributed by atoms with van der Waals surface area (Å²) in [4.78, 5) is 11.0. The van der Waals surface area contributed by atoms with Crippen LogP contribution in [0.4, 0.5) is 0 Å². The Balaban J connectivity index is 0.00000243. The van der Waals surface area contributed by atoms with Crippen molar-refractivity contribution in [2.45, 2.75) is 26.2 Å². The summed E-state index contributed by atoms with van der Waals surface area (Å²) < 4.78 is 1.88. The number of aryl methyl sites for hydroxylation is 2. The number of guanidine groups is 1. The second-order valence-corrected chi connectivity index (χ2v) is 6.85. The van der Waals surface area contributed by atoms with E-state index in [1.54, 1.807) is 0 Å². The summed E-state index contributed by atoms with van der Waals surface area (Å²) in [5, 5.41) is 7.78. The molecule has 1 aliphatic heterocycles. The quantitative estimate of drug-likeness (QED) is 0.416. The standard InChI is InChI=1S/C19H28N6.HI/c1-15-11-21-7-4-18(15)5-8-22-19(20-2)25-9-6-16(14-25)10-17-12-23-24(3)13-17;/h4,7,11-13,16H,5-6,8-10,14H2,1-3H3,(H,20,22);1H. The molecule has 1 aliphatic rings. The van der Waals surface area contributed by atoms with Gasteiger partial charge in [0.1, 0.15) is 0 Å². The lowest BCUT2D eigenvalue weighted by Gasteiger charge is -2.22. The van der Waals surface area contributed by atoms with Crippen LogP contribution in [0.15, 0.2) is 35.8 Å². The second-order valence-electron chi connectivity index (χ2n) is 6.85. The molecule has 142 valence electrons. The zero-order valence-corrected chi connectivity index (χ0v) is 18.2. The van der Waals surface area contributed by atoms with Crippen LogP contribution in [0.3, 0.4) is 0 Å². The van der Waals surface area contributed by atoms with Gasteiger partial charge in [-0.05, 0) is 54.9 Å². The summed E-state index contributed by atoms with van der Waals surface area (Å²) in [5.74, 6) is 1.69. The van der Waals surface area contributed by atoms with Crippen molar-refractivity contribution in [3.8, 4) is 0 Å². The molecule has 1 N–H and O–H groups in total. The van der Waals surface area contributed by atoms with Crippen molar-refractivity contribution < 1.29 is 0 Å². The second kappa shape index (κ2) is 9.89. The Morgan fingerprint density at radius 3 is 2.92 bits per heavy atom. The highest BCUT2D eigenvalue weighted by atomic mass is 127. The minimum absolute atomic E-state index is 0. The molecule has 1 fully saturated rings. The maximum Gasteiger partial charge on any atom is 0.193 e. The predicted octanol–water partition coefficient (Wildman–Crippen LogP) is 2.42. The van der Waals surface area contributed by atoms with E-state index in [2.05, 4.69) is 44.5 Å². The van der Waals surface area contributed by atoms with E-state index < -0.39 is 0 Å². The molecule has 26 heavy (non-hydrogen) atoms. The number of nitrogens with zero attached hydrogens (tertiary/aromatic N) is 5. The maximum atomic E-state index is 4.47. The molecule has 0 bridgehead atoms. The monoisotopic (exact) mass is 468 g/mol. The van der Waals surface area contributed by atoms with Crippen LogP contribution >= 0.6 is 24.0 Å². The zero-order chi connectivity index (χ0) is 17.6. The van der Waals surface area contributed by atoms with Gasteiger partial charge in [0.05, 0.1) is 6.20 Å². The van der Waals surface area contributed by atoms with E-state index in [4.69, 9.17) is 0 Å². The first-order chi connectivity index (χ1) is 12.2. The lowest BCUT2D eigenvalue weighted by atomic mass is 10.0. The van der Waals surface area contributed by atoms with Crippen LogP contribution < -0.4 is 5.32 Å². The molecule has 3 rings (SSSR count). The topological polar surface area (TPSA) is 58.3 Å². The highest BCUT2D eigenvalue weighted by Crippen LogP contribution is 2.20. The Labute approximate surface area is 173 Å². The van der Waals surface area contributed by atoms with E-state index in [1.807, 2.05) is 37.4 Å². The maximum absolute atomic E-state index is 4.47. The molecule has 1 saturated heterocycles. The smallest absolute Gasteiger partial charge is 0.193 e. The molecule has 0 spiro atoms. The number of nitrogens with one attached hydrogen (secondary N) is 1. The third kappa shape index (κ3) is 5.43. The molecule has 0 saturated carbocycles. The number of aromatic nitrogens is 3. The third-order valence-corrected chi connectivity index (χ3v) is 4.89. The molecular formula is C19H29IN6. The molecule has 1 atom stereocenters. The summed E-state index contributed by atoms with van der Waals surface area (Å²) in [6, 6.07) is 2.10. The molecule has 7 heteroatoms. The van der Waals surface area contributed by atoms with Crippen LogP contribution in [-0.2, 0) is 19.9 Å². The fourth-order valence-electron chi connectivity index (χ4n) is 3.53. The van der Waals surface area contributed by atoms with Gasteiger partial charge in [0, 0.05) is 52.3 Å². The minimum Gasteiger partial charge on any atom is -0.356 e. The molecule has 6 nitrogen and oxygen atoms in total. The van der Waals surface area contributed by atoms with Gasteiger partial charge in [-0.1, -0.05) is 0 Å². The average molecular weight is 468 g/mol. The van der Waals surface area contributed by atoms with Crippen molar-refractivity contribution in [1.29, 1.82) is 0 Å². The van der Waals surface area contributed by atoms with Crippen molar-refractivity contribution in [3.63, 3.8) is 0 Å². The first-order valence-corrected chi connectivity index (χ1v) is 8.98. The molecule has 0 aliphatic carbocycles. The van der Waals surface area contributed by atoms with Crippen LogP contribution in [0, 0.1) is 12.8 Å². The van der Waals surface area contributed by atoms with Crippen molar-refractivity contribution in [2.24, 2.45) is 18.0 Å². The molecule has 2 aromatic rings. The molecule has 2 aromatic heterocycles. The largest absolute Gasteiger partial charge is 0.356 e. The van der Waals surface area contributed by atoms with Crippen molar-refractivity contribution in [3.05, 3.63) is 47.5 Å². The zero-order valence-electron chi connectivity index (χ0n) is 15.9. The summed E-state index contributed by atoms with van der Waals surface area (Å²) in [6.45, 7) is 5.13. The molecule has 1 unspecified atom stereocenters. The number of likely N-dealkylation sites (tertiary alicyclic amines) is 1. The number of pyridine rings is 1. The summed E-state index contributed by atoms with van der Waals surface area (Å²) >= 11 is 0. The predicted molar refractivity (Wildman–Crippen MR) is 116 cm³/mol. The van der Waals surface area contributed by atoms with Crippen LogP contribution in [0.2, 0.25) is 0 Å². The highest BCUT2D eigenvalue weighted by Gasteiger charge is 2.25. The Morgan fingerprint density at radius 2 is 2.23 bits per heavy atom. The lowest BCUT2D eigenvalue weighted by Crippen LogP contribution is -2.41. The van der Waals surface area contributed by atoms with Crippen molar-refractivity contribution in [1.82, 2.24) is 25.0 Å². The summed E-state index contributed by atoms with van der Waals surface area (Å²) in [7, 11) is 3.84. The van der Waals surface area contributed by atoms with Gasteiger partial charge in [0.15, 0.2) is 5.96 Å². The van der Waals surface area contributed by atoms with Gasteiger partial charge < -0.3 is 10.2 Å². The fourth-order valence-corrected chi connectivity index (χ4v) is 3.53. The van der Waals surface area contributed by atoms with Crippen LogP contribution in [0.1, 0.15) is 23.1 Å². The average Bonchev–Trinajstić information content (AvgIpc) is 3.23. The molecule has 3 heterocycles. The van der Waals surface area contributed by atoms with E-state index in [0.29, 0.717) is 5.92 Å². The normalized spacial score (nSPS) is 17.3. The number of rotatable bonds is 5. The Bertz CT molecular complexity index is 726. The van der Waals surface area contributed by atoms with Crippen molar-refractivity contribution in [2.75, 3.05) is 26.7 Å². The Morgan fingerprint density at radius 1 is 1.38 bits per heavy atom. The SMILES string of the molecule is CN=C(NCCc1ccncc1C)N1CCC(Cc2cnn(C)c2)C1.I. The van der Waals surface area contributed by atoms with Gasteiger partial charge in [-0.25, -0.2) is 0 Å². The van der Waals surface area contributed by atoms with Crippen LogP contribution in [0.25, 0.3) is 0 Å². The number of hydrogen-bond acceptors (Lipinski definition) is 3. The first kappa shape index (κ1) is 20.7. The number of hydrogen-bond donors (Lipinski definition) is 1. The van der Waals surface area contributed by atoms with Crippen LogP contribution in [-0.4, -0.2) is 52.3 Å². The minimum atomic E-state index is 0. The van der Waals surface area contributed by atoms with E-state index in [-0.39, 0.29) is 24.0 Å². The van der Waals surface area contributed by atoms with Gasteiger partial charge in [0.25, 0.3) is 0 Å². The molecule has 0 radical (unpaired) electrons. The molecule has 0 aromatic carbocycles. The highest BCUT2D eigenvalue weighted by molar-refractivity contribution is 14.0. The van der Waals surface area contributed by atoms with E-state index >= 15 is 0 Å². The van der Waals surface area contributed by atoms with Gasteiger partial charge in [-0.2, -0.15) is 5.10 Å². The van der Waals surface area contributed by atoms with Gasteiger partial charge in [0.2, 0.25) is 0 Å². The van der Waals surface area contributed by atoms with Gasteiger partial charge >= 0.3 is 0 Å². The van der Waals surface area contributed by atoms with Crippen molar-refractivity contribution >= 4 is 29.9 Å². The summed E-state index contributed by atoms with van der Waals surface area (Å²) in [5.41, 5.74) is 3.91. The molecule has 0 amide bonds. The molecular weight excluding hydrogens is 439 g/mol. The van der Waals surface area contributed by atoms with Gasteiger partial charge in [-0.15, -0.1) is 24.0 Å². The van der Waals surface area contributed by atoms with E-state index in [9.17, 15) is 0 Å².